The number of fused-ring (bicyclic) bond motifs is 1. The summed E-state index contributed by atoms with van der Waals surface area (Å²) in [4.78, 5) is 10.8. The predicted molar refractivity (Wildman–Crippen MR) is 98.1 cm³/mol. The molecule has 126 valence electrons. The van der Waals surface area contributed by atoms with Crippen LogP contribution in [-0.2, 0) is 13.1 Å². The van der Waals surface area contributed by atoms with Crippen molar-refractivity contribution in [1.29, 1.82) is 0 Å². The molecule has 0 saturated heterocycles. The second kappa shape index (κ2) is 7.03. The molecule has 1 aromatic carbocycles. The first-order chi connectivity index (χ1) is 12.3. The molecule has 0 bridgehead atoms. The van der Waals surface area contributed by atoms with Gasteiger partial charge in [-0.1, -0.05) is 12.1 Å². The Labute approximate surface area is 148 Å². The van der Waals surface area contributed by atoms with Crippen LogP contribution in [0.25, 0.3) is 11.1 Å². The zero-order valence-corrected chi connectivity index (χ0v) is 14.3. The van der Waals surface area contributed by atoms with Crippen molar-refractivity contribution in [3.63, 3.8) is 0 Å². The van der Waals surface area contributed by atoms with E-state index in [9.17, 15) is 0 Å². The minimum atomic E-state index is 0.344. The smallest absolute Gasteiger partial charge is 0.123 e. The van der Waals surface area contributed by atoms with Gasteiger partial charge >= 0.3 is 0 Å². The molecule has 4 nitrogen and oxygen atoms in total. The zero-order valence-electron chi connectivity index (χ0n) is 14.3. The highest BCUT2D eigenvalue weighted by Gasteiger charge is 2.22. The van der Waals surface area contributed by atoms with Crippen molar-refractivity contribution in [2.45, 2.75) is 26.1 Å². The molecule has 0 amide bonds. The fraction of sp³-hybridized carbons (Fsp3) is 0.238. The first-order valence-corrected chi connectivity index (χ1v) is 8.59. The quantitative estimate of drug-likeness (QED) is 0.729. The molecule has 0 spiro atoms. The summed E-state index contributed by atoms with van der Waals surface area (Å²) in [5.41, 5.74) is 4.82. The topological polar surface area (TPSA) is 38.2 Å². The van der Waals surface area contributed by atoms with E-state index in [1.54, 1.807) is 0 Å². The number of ether oxygens (including phenoxy) is 1. The molecule has 4 rings (SSSR count). The summed E-state index contributed by atoms with van der Waals surface area (Å²) in [6.45, 7) is 4.65. The summed E-state index contributed by atoms with van der Waals surface area (Å²) < 4.78 is 6.05. The van der Waals surface area contributed by atoms with Crippen molar-refractivity contribution in [3.8, 4) is 16.9 Å². The van der Waals surface area contributed by atoms with Crippen LogP contribution < -0.4 is 4.74 Å². The Morgan fingerprint density at radius 3 is 2.72 bits per heavy atom. The van der Waals surface area contributed by atoms with E-state index in [4.69, 9.17) is 4.74 Å². The molecule has 0 fully saturated rings. The molecule has 1 atom stereocenters. The van der Waals surface area contributed by atoms with E-state index in [0.717, 1.165) is 18.8 Å². The molecular weight excluding hydrogens is 310 g/mol. The summed E-state index contributed by atoms with van der Waals surface area (Å²) in [6.07, 6.45) is 7.41. The molecule has 3 aromatic rings. The van der Waals surface area contributed by atoms with Gasteiger partial charge in [0.15, 0.2) is 0 Å². The maximum absolute atomic E-state index is 6.05. The highest BCUT2D eigenvalue weighted by atomic mass is 16.5. The lowest BCUT2D eigenvalue weighted by Crippen LogP contribution is -2.34. The van der Waals surface area contributed by atoms with Crippen molar-refractivity contribution >= 4 is 0 Å². The van der Waals surface area contributed by atoms with Crippen molar-refractivity contribution < 1.29 is 4.74 Å². The first-order valence-electron chi connectivity index (χ1n) is 8.59. The van der Waals surface area contributed by atoms with Crippen LogP contribution >= 0.6 is 0 Å². The van der Waals surface area contributed by atoms with Gasteiger partial charge in [0.1, 0.15) is 12.4 Å². The van der Waals surface area contributed by atoms with Crippen LogP contribution in [0.4, 0.5) is 0 Å². The lowest BCUT2D eigenvalue weighted by Gasteiger charge is -2.26. The van der Waals surface area contributed by atoms with Crippen LogP contribution in [0.5, 0.6) is 5.75 Å². The standard InChI is InChI=1S/C21H21N3O/c1-16-15-25-21-5-4-19(18-6-9-22-10-7-18)11-20(21)14-24(16)13-17-3-2-8-23-12-17/h2-12,16H,13-15H2,1H3/t16-/m0/s1. The number of rotatable bonds is 3. The van der Waals surface area contributed by atoms with Crippen LogP contribution in [0.1, 0.15) is 18.1 Å². The third-order valence-corrected chi connectivity index (χ3v) is 4.66. The highest BCUT2D eigenvalue weighted by Crippen LogP contribution is 2.30. The molecule has 0 radical (unpaired) electrons. The second-order valence-electron chi connectivity index (χ2n) is 6.48. The molecule has 3 heterocycles. The normalized spacial score (nSPS) is 17.4. The van der Waals surface area contributed by atoms with E-state index in [0.29, 0.717) is 12.6 Å². The van der Waals surface area contributed by atoms with E-state index in [-0.39, 0.29) is 0 Å². The van der Waals surface area contributed by atoms with Crippen molar-refractivity contribution in [1.82, 2.24) is 14.9 Å². The van der Waals surface area contributed by atoms with Gasteiger partial charge in [-0.25, -0.2) is 0 Å². The largest absolute Gasteiger partial charge is 0.492 e. The van der Waals surface area contributed by atoms with E-state index in [2.05, 4.69) is 46.1 Å². The van der Waals surface area contributed by atoms with Crippen molar-refractivity contribution in [3.05, 3.63) is 78.4 Å². The third-order valence-electron chi connectivity index (χ3n) is 4.66. The Hall–Kier alpha value is -2.72. The maximum Gasteiger partial charge on any atom is 0.123 e. The van der Waals surface area contributed by atoms with Gasteiger partial charge in [-0.3, -0.25) is 14.9 Å². The SMILES string of the molecule is C[C@H]1COc2ccc(-c3ccncc3)cc2CN1Cc1cccnc1. The molecule has 2 aromatic heterocycles. The van der Waals surface area contributed by atoms with Gasteiger partial charge < -0.3 is 4.74 Å². The first kappa shape index (κ1) is 15.8. The number of aromatic nitrogens is 2. The van der Waals surface area contributed by atoms with E-state index < -0.39 is 0 Å². The molecule has 0 N–H and O–H groups in total. The number of pyridine rings is 2. The number of benzene rings is 1. The van der Waals surface area contributed by atoms with Crippen LogP contribution in [-0.4, -0.2) is 27.5 Å². The van der Waals surface area contributed by atoms with Gasteiger partial charge in [-0.05, 0) is 53.9 Å². The van der Waals surface area contributed by atoms with Gasteiger partial charge in [-0.2, -0.15) is 0 Å². The molecule has 1 aliphatic heterocycles. The van der Waals surface area contributed by atoms with Crippen molar-refractivity contribution in [2.24, 2.45) is 0 Å². The number of hydrogen-bond acceptors (Lipinski definition) is 4. The maximum atomic E-state index is 6.05. The molecule has 0 aliphatic carbocycles. The van der Waals surface area contributed by atoms with Crippen LogP contribution in [0.15, 0.2) is 67.3 Å². The summed E-state index contributed by atoms with van der Waals surface area (Å²) in [6, 6.07) is 15.0. The minimum absolute atomic E-state index is 0.344. The average Bonchev–Trinajstić information content (AvgIpc) is 2.82. The van der Waals surface area contributed by atoms with Gasteiger partial charge in [0, 0.05) is 49.5 Å². The fourth-order valence-electron chi connectivity index (χ4n) is 3.20. The monoisotopic (exact) mass is 331 g/mol. The highest BCUT2D eigenvalue weighted by molar-refractivity contribution is 5.65. The summed E-state index contributed by atoms with van der Waals surface area (Å²) >= 11 is 0. The van der Waals surface area contributed by atoms with Crippen LogP contribution in [0, 0.1) is 0 Å². The molecular formula is C21H21N3O. The van der Waals surface area contributed by atoms with Crippen LogP contribution in [0.2, 0.25) is 0 Å². The van der Waals surface area contributed by atoms with E-state index in [1.165, 1.54) is 22.3 Å². The van der Waals surface area contributed by atoms with Gasteiger partial charge in [0.2, 0.25) is 0 Å². The lowest BCUT2D eigenvalue weighted by atomic mass is 10.0. The molecule has 4 heteroatoms. The minimum Gasteiger partial charge on any atom is -0.492 e. The van der Waals surface area contributed by atoms with Gasteiger partial charge in [-0.15, -0.1) is 0 Å². The number of nitrogens with zero attached hydrogens (tertiary/aromatic N) is 3. The van der Waals surface area contributed by atoms with Crippen LogP contribution in [0.3, 0.4) is 0 Å². The van der Waals surface area contributed by atoms with E-state index >= 15 is 0 Å². The third kappa shape index (κ3) is 3.54. The Balaban J connectivity index is 1.62. The van der Waals surface area contributed by atoms with E-state index in [1.807, 2.05) is 43.0 Å². The predicted octanol–water partition coefficient (Wildman–Crippen LogP) is 3.93. The zero-order chi connectivity index (χ0) is 17.1. The summed E-state index contributed by atoms with van der Waals surface area (Å²) in [7, 11) is 0. The Morgan fingerprint density at radius 2 is 1.92 bits per heavy atom. The van der Waals surface area contributed by atoms with Gasteiger partial charge in [0.05, 0.1) is 0 Å². The van der Waals surface area contributed by atoms with Gasteiger partial charge in [0.25, 0.3) is 0 Å². The van der Waals surface area contributed by atoms with Crippen molar-refractivity contribution in [2.75, 3.05) is 6.61 Å². The molecule has 0 saturated carbocycles. The fourth-order valence-corrected chi connectivity index (χ4v) is 3.20. The Bertz CT molecular complexity index is 836. The summed E-state index contributed by atoms with van der Waals surface area (Å²) in [5, 5.41) is 0. The molecule has 1 aliphatic rings. The summed E-state index contributed by atoms with van der Waals surface area (Å²) in [5.74, 6) is 0.985. The average molecular weight is 331 g/mol. The Kier molecular flexibility index (Phi) is 4.44. The second-order valence-corrected chi connectivity index (χ2v) is 6.48. The Morgan fingerprint density at radius 1 is 1.04 bits per heavy atom. The molecule has 25 heavy (non-hydrogen) atoms. The molecule has 0 unspecified atom stereocenters. The number of hydrogen-bond donors (Lipinski definition) is 0. The lowest BCUT2D eigenvalue weighted by molar-refractivity contribution is 0.151.